The molecule has 0 radical (unpaired) electrons. The molecule has 0 aliphatic carbocycles. The lowest BCUT2D eigenvalue weighted by Crippen LogP contribution is -2.20. The predicted octanol–water partition coefficient (Wildman–Crippen LogP) is 3.31. The number of nitrogens with two attached hydrogens (primary N) is 1. The van der Waals surface area contributed by atoms with Crippen LogP contribution in [0, 0.1) is 13.8 Å². The molecular formula is C18H21ClN2O3. The second-order valence-electron chi connectivity index (χ2n) is 5.37. The first-order chi connectivity index (χ1) is 11.5. The topological polar surface area (TPSA) is 73.6 Å². The quantitative estimate of drug-likeness (QED) is 0.805. The minimum atomic E-state index is -0.240. The monoisotopic (exact) mass is 348 g/mol. The van der Waals surface area contributed by atoms with Crippen LogP contribution in [-0.2, 0) is 4.79 Å². The van der Waals surface area contributed by atoms with Crippen LogP contribution in [0.15, 0.2) is 36.4 Å². The zero-order valence-corrected chi connectivity index (χ0v) is 14.5. The summed E-state index contributed by atoms with van der Waals surface area (Å²) in [6, 6.07) is 10.7. The van der Waals surface area contributed by atoms with E-state index in [0.717, 1.165) is 11.1 Å². The highest BCUT2D eigenvalue weighted by Gasteiger charge is 2.07. The molecular weight excluding hydrogens is 328 g/mol. The summed E-state index contributed by atoms with van der Waals surface area (Å²) in [6.07, 6.45) is 0. The molecule has 5 nitrogen and oxygen atoms in total. The van der Waals surface area contributed by atoms with Crippen LogP contribution in [0.2, 0.25) is 5.02 Å². The first kappa shape index (κ1) is 18.1. The molecule has 128 valence electrons. The van der Waals surface area contributed by atoms with E-state index in [1.54, 1.807) is 24.3 Å². The fourth-order valence-corrected chi connectivity index (χ4v) is 2.26. The van der Waals surface area contributed by atoms with Crippen molar-refractivity contribution >= 4 is 23.2 Å². The normalized spacial score (nSPS) is 10.3. The van der Waals surface area contributed by atoms with Gasteiger partial charge < -0.3 is 20.5 Å². The highest BCUT2D eigenvalue weighted by molar-refractivity contribution is 6.32. The fourth-order valence-electron chi connectivity index (χ4n) is 2.15. The zero-order chi connectivity index (χ0) is 17.5. The highest BCUT2D eigenvalue weighted by atomic mass is 35.5. The molecule has 0 aromatic heterocycles. The molecule has 0 aliphatic rings. The number of carbonyl (C=O) groups excluding carboxylic acids is 1. The second kappa shape index (κ2) is 8.57. The van der Waals surface area contributed by atoms with Gasteiger partial charge >= 0.3 is 0 Å². The molecule has 2 aromatic carbocycles. The maximum Gasteiger partial charge on any atom is 0.262 e. The smallest absolute Gasteiger partial charge is 0.262 e. The number of hydrogen-bond acceptors (Lipinski definition) is 4. The summed E-state index contributed by atoms with van der Waals surface area (Å²) in [4.78, 5) is 12.0. The molecule has 24 heavy (non-hydrogen) atoms. The molecule has 2 aromatic rings. The Morgan fingerprint density at radius 1 is 1.08 bits per heavy atom. The maximum absolute atomic E-state index is 12.0. The Bertz CT molecular complexity index is 679. The molecule has 0 aliphatic heterocycles. The third kappa shape index (κ3) is 5.15. The van der Waals surface area contributed by atoms with Gasteiger partial charge in [0.05, 0.1) is 0 Å². The Balaban J connectivity index is 1.87. The fraction of sp³-hybridized carbons (Fsp3) is 0.278. The molecule has 0 spiro atoms. The van der Waals surface area contributed by atoms with Crippen LogP contribution >= 0.6 is 11.6 Å². The van der Waals surface area contributed by atoms with Crippen molar-refractivity contribution in [2.45, 2.75) is 13.8 Å². The number of benzene rings is 2. The van der Waals surface area contributed by atoms with Crippen LogP contribution in [0.4, 0.5) is 5.69 Å². The summed E-state index contributed by atoms with van der Waals surface area (Å²) in [6.45, 7) is 4.64. The average molecular weight is 349 g/mol. The van der Waals surface area contributed by atoms with Gasteiger partial charge in [0.15, 0.2) is 6.61 Å². The number of rotatable bonds is 7. The second-order valence-corrected chi connectivity index (χ2v) is 5.75. The van der Waals surface area contributed by atoms with Crippen molar-refractivity contribution in [3.8, 4) is 11.5 Å². The number of hydrogen-bond donors (Lipinski definition) is 2. The number of nitrogens with one attached hydrogen (secondary N) is 1. The van der Waals surface area contributed by atoms with E-state index in [9.17, 15) is 4.79 Å². The van der Waals surface area contributed by atoms with E-state index in [0.29, 0.717) is 35.4 Å². The predicted molar refractivity (Wildman–Crippen MR) is 96.0 cm³/mol. The van der Waals surface area contributed by atoms with Crippen LogP contribution in [-0.4, -0.2) is 25.7 Å². The number of anilines is 1. The van der Waals surface area contributed by atoms with Crippen molar-refractivity contribution in [3.05, 3.63) is 52.5 Å². The zero-order valence-electron chi connectivity index (χ0n) is 13.8. The van der Waals surface area contributed by atoms with Gasteiger partial charge in [-0.05, 0) is 61.4 Å². The Hall–Kier alpha value is -2.24. The highest BCUT2D eigenvalue weighted by Crippen LogP contribution is 2.25. The number of ether oxygens (including phenoxy) is 2. The van der Waals surface area contributed by atoms with E-state index < -0.39 is 0 Å². The first-order valence-electron chi connectivity index (χ1n) is 7.62. The van der Waals surface area contributed by atoms with Gasteiger partial charge in [-0.1, -0.05) is 11.6 Å². The van der Waals surface area contributed by atoms with Crippen LogP contribution < -0.4 is 20.5 Å². The Morgan fingerprint density at radius 2 is 1.71 bits per heavy atom. The largest absolute Gasteiger partial charge is 0.492 e. The van der Waals surface area contributed by atoms with E-state index in [1.807, 2.05) is 26.0 Å². The van der Waals surface area contributed by atoms with Crippen LogP contribution in [0.5, 0.6) is 11.5 Å². The van der Waals surface area contributed by atoms with E-state index in [4.69, 9.17) is 26.8 Å². The van der Waals surface area contributed by atoms with Crippen LogP contribution in [0.25, 0.3) is 0 Å². The van der Waals surface area contributed by atoms with Gasteiger partial charge in [-0.2, -0.15) is 0 Å². The summed E-state index contributed by atoms with van der Waals surface area (Å²) in [5.41, 5.74) is 7.88. The third-order valence-electron chi connectivity index (χ3n) is 3.30. The summed E-state index contributed by atoms with van der Waals surface area (Å²) < 4.78 is 10.9. The lowest BCUT2D eigenvalue weighted by molar-refractivity contribution is -0.118. The molecule has 0 bridgehead atoms. The van der Waals surface area contributed by atoms with Crippen LogP contribution in [0.1, 0.15) is 11.1 Å². The lowest BCUT2D eigenvalue weighted by Gasteiger charge is -2.11. The van der Waals surface area contributed by atoms with Crippen LogP contribution in [0.3, 0.4) is 0 Å². The standard InChI is InChI=1S/C18H21ClN2O3/c1-12-9-16(10-13(2)18(12)19)24-11-17(22)21-14-3-5-15(6-4-14)23-8-7-20/h3-6,9-10H,7-8,11,20H2,1-2H3,(H,21,22). The molecule has 2 rings (SSSR count). The van der Waals surface area contributed by atoms with E-state index in [2.05, 4.69) is 5.32 Å². The van der Waals surface area contributed by atoms with Gasteiger partial charge in [-0.3, -0.25) is 4.79 Å². The molecule has 6 heteroatoms. The van der Waals surface area contributed by atoms with E-state index in [1.165, 1.54) is 0 Å². The molecule has 0 fully saturated rings. The van der Waals surface area contributed by atoms with Crippen molar-refractivity contribution in [3.63, 3.8) is 0 Å². The van der Waals surface area contributed by atoms with Gasteiger partial charge in [0, 0.05) is 17.3 Å². The summed E-state index contributed by atoms with van der Waals surface area (Å²) in [5, 5.41) is 3.48. The minimum Gasteiger partial charge on any atom is -0.492 e. The van der Waals surface area contributed by atoms with Gasteiger partial charge in [-0.25, -0.2) is 0 Å². The Morgan fingerprint density at radius 3 is 2.29 bits per heavy atom. The molecule has 0 saturated heterocycles. The van der Waals surface area contributed by atoms with Crippen molar-refractivity contribution in [2.24, 2.45) is 5.73 Å². The molecule has 1 amide bonds. The van der Waals surface area contributed by atoms with E-state index in [-0.39, 0.29) is 12.5 Å². The van der Waals surface area contributed by atoms with Gasteiger partial charge in [0.2, 0.25) is 0 Å². The Labute approximate surface area is 146 Å². The molecule has 0 atom stereocenters. The van der Waals surface area contributed by atoms with Gasteiger partial charge in [-0.15, -0.1) is 0 Å². The summed E-state index contributed by atoms with van der Waals surface area (Å²) in [5.74, 6) is 1.09. The van der Waals surface area contributed by atoms with Crippen molar-refractivity contribution in [2.75, 3.05) is 25.1 Å². The maximum atomic E-state index is 12.0. The van der Waals surface area contributed by atoms with Crippen molar-refractivity contribution in [1.29, 1.82) is 0 Å². The van der Waals surface area contributed by atoms with Crippen molar-refractivity contribution < 1.29 is 14.3 Å². The Kier molecular flexibility index (Phi) is 6.46. The molecule has 3 N–H and O–H groups in total. The number of aryl methyl sites for hydroxylation is 2. The summed E-state index contributed by atoms with van der Waals surface area (Å²) in [7, 11) is 0. The van der Waals surface area contributed by atoms with Gasteiger partial charge in [0.25, 0.3) is 5.91 Å². The SMILES string of the molecule is Cc1cc(OCC(=O)Nc2ccc(OCCN)cc2)cc(C)c1Cl. The van der Waals surface area contributed by atoms with Gasteiger partial charge in [0.1, 0.15) is 18.1 Å². The third-order valence-corrected chi connectivity index (χ3v) is 3.90. The van der Waals surface area contributed by atoms with E-state index >= 15 is 0 Å². The number of halogens is 1. The minimum absolute atomic E-state index is 0.0774. The summed E-state index contributed by atoms with van der Waals surface area (Å²) >= 11 is 6.11. The number of carbonyl (C=O) groups is 1. The van der Waals surface area contributed by atoms with Crippen molar-refractivity contribution in [1.82, 2.24) is 0 Å². The first-order valence-corrected chi connectivity index (χ1v) is 7.99. The molecule has 0 saturated carbocycles. The molecule has 0 heterocycles. The molecule has 0 unspecified atom stereocenters. The average Bonchev–Trinajstić information content (AvgIpc) is 2.57. The number of amides is 1. The lowest BCUT2D eigenvalue weighted by atomic mass is 10.1.